The van der Waals surface area contributed by atoms with Crippen molar-refractivity contribution in [3.63, 3.8) is 0 Å². The highest BCUT2D eigenvalue weighted by atomic mass is 127. The molecule has 0 spiro atoms. The van der Waals surface area contributed by atoms with Crippen LogP contribution in [0.15, 0.2) is 17.1 Å². The van der Waals surface area contributed by atoms with E-state index in [1.54, 1.807) is 11.3 Å². The summed E-state index contributed by atoms with van der Waals surface area (Å²) < 4.78 is 0. The summed E-state index contributed by atoms with van der Waals surface area (Å²) in [6, 6.07) is 4.30. The molecule has 2 heterocycles. The molecule has 7 heteroatoms. The van der Waals surface area contributed by atoms with Crippen molar-refractivity contribution in [2.75, 3.05) is 13.1 Å². The summed E-state index contributed by atoms with van der Waals surface area (Å²) in [5, 5.41) is 7.91. The number of guanidine groups is 1. The predicted molar refractivity (Wildman–Crippen MR) is 117 cm³/mol. The fourth-order valence-corrected chi connectivity index (χ4v) is 4.12. The van der Waals surface area contributed by atoms with E-state index < -0.39 is 0 Å². The molecule has 134 valence electrons. The van der Waals surface area contributed by atoms with E-state index >= 15 is 0 Å². The van der Waals surface area contributed by atoms with Gasteiger partial charge in [0.15, 0.2) is 5.96 Å². The number of hydrogen-bond donors (Lipinski definition) is 2. The van der Waals surface area contributed by atoms with Crippen LogP contribution in [0.4, 0.5) is 0 Å². The number of halogens is 1. The van der Waals surface area contributed by atoms with Gasteiger partial charge in [0.25, 0.3) is 0 Å². The zero-order valence-electron chi connectivity index (χ0n) is 14.8. The largest absolute Gasteiger partial charge is 0.357 e. The zero-order valence-corrected chi connectivity index (χ0v) is 18.8. The van der Waals surface area contributed by atoms with Gasteiger partial charge in [-0.1, -0.05) is 6.92 Å². The average Bonchev–Trinajstić information content (AvgIpc) is 3.10. The third-order valence-electron chi connectivity index (χ3n) is 3.44. The van der Waals surface area contributed by atoms with Gasteiger partial charge in [-0.2, -0.15) is 0 Å². The maximum Gasteiger partial charge on any atom is 0.191 e. The SMILES string of the molecule is CCNC(=NCc1ccc(C)s1)NCCc1nc(CC)c(C)s1.I. The van der Waals surface area contributed by atoms with Crippen LogP contribution < -0.4 is 10.6 Å². The highest BCUT2D eigenvalue weighted by Crippen LogP contribution is 2.18. The van der Waals surface area contributed by atoms with Crippen molar-refractivity contribution in [2.24, 2.45) is 4.99 Å². The van der Waals surface area contributed by atoms with Crippen LogP contribution in [-0.2, 0) is 19.4 Å². The van der Waals surface area contributed by atoms with Gasteiger partial charge in [0, 0.05) is 34.1 Å². The van der Waals surface area contributed by atoms with Crippen molar-refractivity contribution in [1.29, 1.82) is 0 Å². The first-order valence-corrected chi connectivity index (χ1v) is 9.78. The van der Waals surface area contributed by atoms with Crippen LogP contribution in [0.25, 0.3) is 0 Å². The number of thiazole rings is 1. The summed E-state index contributed by atoms with van der Waals surface area (Å²) >= 11 is 3.61. The van der Waals surface area contributed by atoms with Gasteiger partial charge in [-0.3, -0.25) is 0 Å². The van der Waals surface area contributed by atoms with Crippen LogP contribution in [0.2, 0.25) is 0 Å². The smallest absolute Gasteiger partial charge is 0.191 e. The minimum Gasteiger partial charge on any atom is -0.357 e. The summed E-state index contributed by atoms with van der Waals surface area (Å²) in [4.78, 5) is 13.3. The van der Waals surface area contributed by atoms with E-state index in [0.717, 1.165) is 38.4 Å². The second-order valence-corrected chi connectivity index (χ2v) is 8.01. The van der Waals surface area contributed by atoms with Gasteiger partial charge in [-0.15, -0.1) is 46.7 Å². The van der Waals surface area contributed by atoms with Gasteiger partial charge in [0.05, 0.1) is 17.2 Å². The summed E-state index contributed by atoms with van der Waals surface area (Å²) in [5.41, 5.74) is 1.23. The van der Waals surface area contributed by atoms with Gasteiger partial charge in [0.1, 0.15) is 0 Å². The van der Waals surface area contributed by atoms with Crippen molar-refractivity contribution in [3.8, 4) is 0 Å². The molecule has 0 radical (unpaired) electrons. The number of aliphatic imine (C=N–C) groups is 1. The molecule has 0 aliphatic rings. The molecule has 4 nitrogen and oxygen atoms in total. The number of hydrogen-bond acceptors (Lipinski definition) is 4. The molecule has 0 fully saturated rings. The first-order valence-electron chi connectivity index (χ1n) is 8.15. The summed E-state index contributed by atoms with van der Waals surface area (Å²) in [7, 11) is 0. The normalized spacial score (nSPS) is 11.2. The van der Waals surface area contributed by atoms with Crippen molar-refractivity contribution in [2.45, 2.75) is 47.1 Å². The van der Waals surface area contributed by atoms with Crippen LogP contribution in [0.5, 0.6) is 0 Å². The molecule has 0 atom stereocenters. The standard InChI is InChI=1S/C17H26N4S2.HI/c1-5-15-13(4)23-16(21-15)9-10-19-17(18-6-2)20-11-14-8-7-12(3)22-14;/h7-8H,5-6,9-11H2,1-4H3,(H2,18,19,20);1H. The second kappa shape index (κ2) is 11.0. The summed E-state index contributed by atoms with van der Waals surface area (Å²) in [6.07, 6.45) is 1.95. The minimum atomic E-state index is 0. The second-order valence-electron chi connectivity index (χ2n) is 5.35. The lowest BCUT2D eigenvalue weighted by molar-refractivity contribution is 0.795. The first kappa shape index (κ1) is 21.4. The quantitative estimate of drug-likeness (QED) is 0.355. The van der Waals surface area contributed by atoms with Gasteiger partial charge in [-0.25, -0.2) is 9.98 Å². The number of rotatable bonds is 7. The maximum atomic E-state index is 4.69. The average molecular weight is 478 g/mol. The third kappa shape index (κ3) is 6.68. The first-order chi connectivity index (χ1) is 11.1. The molecule has 2 N–H and O–H groups in total. The Labute approximate surface area is 170 Å². The highest BCUT2D eigenvalue weighted by molar-refractivity contribution is 14.0. The molecule has 0 saturated carbocycles. The maximum absolute atomic E-state index is 4.69. The Morgan fingerprint density at radius 3 is 2.54 bits per heavy atom. The Kier molecular flexibility index (Phi) is 9.84. The van der Waals surface area contributed by atoms with E-state index in [9.17, 15) is 0 Å². The Balaban J connectivity index is 0.00000288. The lowest BCUT2D eigenvalue weighted by Gasteiger charge is -2.10. The fraction of sp³-hybridized carbons (Fsp3) is 0.529. The van der Waals surface area contributed by atoms with Gasteiger partial charge in [0.2, 0.25) is 0 Å². The molecule has 0 aromatic carbocycles. The monoisotopic (exact) mass is 478 g/mol. The predicted octanol–water partition coefficient (Wildman–Crippen LogP) is 4.30. The van der Waals surface area contributed by atoms with Crippen molar-refractivity contribution in [3.05, 3.63) is 37.5 Å². The van der Waals surface area contributed by atoms with Gasteiger partial charge < -0.3 is 10.6 Å². The van der Waals surface area contributed by atoms with Crippen LogP contribution in [-0.4, -0.2) is 24.0 Å². The summed E-state index contributed by atoms with van der Waals surface area (Å²) in [6.45, 7) is 11.0. The van der Waals surface area contributed by atoms with Crippen LogP contribution in [0, 0.1) is 13.8 Å². The molecule has 2 aromatic rings. The van der Waals surface area contributed by atoms with Crippen molar-refractivity contribution < 1.29 is 0 Å². The minimum absolute atomic E-state index is 0. The Bertz CT molecular complexity index is 649. The number of nitrogens with zero attached hydrogens (tertiary/aromatic N) is 2. The molecule has 0 unspecified atom stereocenters. The summed E-state index contributed by atoms with van der Waals surface area (Å²) in [5.74, 6) is 0.877. The Morgan fingerprint density at radius 1 is 1.17 bits per heavy atom. The van der Waals surface area contributed by atoms with Gasteiger partial charge in [-0.05, 0) is 39.3 Å². The van der Waals surface area contributed by atoms with E-state index in [0.29, 0.717) is 0 Å². The molecule has 0 amide bonds. The molecular formula is C17H27IN4S2. The fourth-order valence-electron chi connectivity index (χ4n) is 2.28. The molecule has 2 rings (SSSR count). The number of nitrogens with one attached hydrogen (secondary N) is 2. The molecule has 0 saturated heterocycles. The Morgan fingerprint density at radius 2 is 1.96 bits per heavy atom. The molecule has 0 bridgehead atoms. The van der Waals surface area contributed by atoms with E-state index in [4.69, 9.17) is 0 Å². The lowest BCUT2D eigenvalue weighted by Crippen LogP contribution is -2.38. The highest BCUT2D eigenvalue weighted by Gasteiger charge is 2.06. The molecule has 0 aliphatic carbocycles. The van der Waals surface area contributed by atoms with Crippen LogP contribution in [0.1, 0.15) is 39.2 Å². The van der Waals surface area contributed by atoms with E-state index in [1.807, 2.05) is 11.3 Å². The van der Waals surface area contributed by atoms with E-state index in [2.05, 4.69) is 60.4 Å². The van der Waals surface area contributed by atoms with Crippen LogP contribution in [0.3, 0.4) is 0 Å². The van der Waals surface area contributed by atoms with Crippen molar-refractivity contribution >= 4 is 52.6 Å². The number of aromatic nitrogens is 1. The van der Waals surface area contributed by atoms with Crippen molar-refractivity contribution in [1.82, 2.24) is 15.6 Å². The molecular weight excluding hydrogens is 451 g/mol. The topological polar surface area (TPSA) is 49.3 Å². The van der Waals surface area contributed by atoms with E-state index in [1.165, 1.54) is 25.3 Å². The van der Waals surface area contributed by atoms with Crippen LogP contribution >= 0.6 is 46.7 Å². The molecule has 2 aromatic heterocycles. The molecule has 24 heavy (non-hydrogen) atoms. The number of thiophene rings is 1. The molecule has 0 aliphatic heterocycles. The zero-order chi connectivity index (χ0) is 16.7. The Hall–Kier alpha value is -0.670. The number of aryl methyl sites for hydroxylation is 3. The van der Waals surface area contributed by atoms with Gasteiger partial charge >= 0.3 is 0 Å². The van der Waals surface area contributed by atoms with E-state index in [-0.39, 0.29) is 24.0 Å². The third-order valence-corrected chi connectivity index (χ3v) is 5.49. The lowest BCUT2D eigenvalue weighted by atomic mass is 10.3.